The quantitative estimate of drug-likeness (QED) is 0.916. The fourth-order valence-electron chi connectivity index (χ4n) is 2.28. The highest BCUT2D eigenvalue weighted by molar-refractivity contribution is 9.10. The number of benzene rings is 1. The molecule has 0 aliphatic heterocycles. The standard InChI is InChI=1S/C15H18BrNO3/c1-8-7-13(16)9(2)6-12(8)14(18)17(11-4-5-11)10(3)15(19)20/h6-7,10-11H,4-5H2,1-3H3,(H,19,20). The number of aliphatic carboxylic acids is 1. The van der Waals surface area contributed by atoms with Crippen LogP contribution in [0.15, 0.2) is 16.6 Å². The Morgan fingerprint density at radius 3 is 2.40 bits per heavy atom. The van der Waals surface area contributed by atoms with Crippen LogP contribution < -0.4 is 0 Å². The van der Waals surface area contributed by atoms with Crippen molar-refractivity contribution in [3.8, 4) is 0 Å². The van der Waals surface area contributed by atoms with Gasteiger partial charge in [0.05, 0.1) is 0 Å². The van der Waals surface area contributed by atoms with Crippen LogP contribution in [0.4, 0.5) is 0 Å². The molecule has 20 heavy (non-hydrogen) atoms. The summed E-state index contributed by atoms with van der Waals surface area (Å²) in [5, 5.41) is 9.19. The van der Waals surface area contributed by atoms with E-state index in [-0.39, 0.29) is 11.9 Å². The second-order valence-corrected chi connectivity index (χ2v) is 6.23. The van der Waals surface area contributed by atoms with Crippen LogP contribution in [0.3, 0.4) is 0 Å². The van der Waals surface area contributed by atoms with E-state index >= 15 is 0 Å². The molecule has 0 saturated heterocycles. The summed E-state index contributed by atoms with van der Waals surface area (Å²) in [5.41, 5.74) is 2.42. The van der Waals surface area contributed by atoms with Crippen molar-refractivity contribution in [3.05, 3.63) is 33.3 Å². The second kappa shape index (κ2) is 5.56. The average molecular weight is 340 g/mol. The van der Waals surface area contributed by atoms with Crippen LogP contribution >= 0.6 is 15.9 Å². The molecule has 1 unspecified atom stereocenters. The van der Waals surface area contributed by atoms with Gasteiger partial charge in [-0.15, -0.1) is 0 Å². The van der Waals surface area contributed by atoms with Crippen molar-refractivity contribution in [3.63, 3.8) is 0 Å². The zero-order valence-corrected chi connectivity index (χ0v) is 13.4. The molecule has 0 spiro atoms. The highest BCUT2D eigenvalue weighted by atomic mass is 79.9. The van der Waals surface area contributed by atoms with Gasteiger partial charge in [-0.3, -0.25) is 4.79 Å². The molecule has 1 amide bonds. The van der Waals surface area contributed by atoms with E-state index in [9.17, 15) is 14.7 Å². The molecule has 1 aromatic rings. The Morgan fingerprint density at radius 1 is 1.30 bits per heavy atom. The number of halogens is 1. The maximum Gasteiger partial charge on any atom is 0.326 e. The van der Waals surface area contributed by atoms with Crippen LogP contribution in [0.1, 0.15) is 41.3 Å². The highest BCUT2D eigenvalue weighted by Crippen LogP contribution is 2.31. The SMILES string of the molecule is Cc1cc(C(=O)N(C2CC2)C(C)C(=O)O)c(C)cc1Br. The van der Waals surface area contributed by atoms with Crippen LogP contribution in [-0.4, -0.2) is 34.0 Å². The van der Waals surface area contributed by atoms with Crippen LogP contribution in [0.5, 0.6) is 0 Å². The topological polar surface area (TPSA) is 57.6 Å². The minimum absolute atomic E-state index is 0.0666. The summed E-state index contributed by atoms with van der Waals surface area (Å²) in [5.74, 6) is -1.15. The summed E-state index contributed by atoms with van der Waals surface area (Å²) >= 11 is 3.44. The minimum Gasteiger partial charge on any atom is -0.480 e. The van der Waals surface area contributed by atoms with E-state index in [1.807, 2.05) is 26.0 Å². The Kier molecular flexibility index (Phi) is 4.18. The number of aryl methyl sites for hydroxylation is 2. The minimum atomic E-state index is -0.961. The van der Waals surface area contributed by atoms with Gasteiger partial charge in [-0.1, -0.05) is 15.9 Å². The van der Waals surface area contributed by atoms with Crippen LogP contribution in [0, 0.1) is 13.8 Å². The van der Waals surface area contributed by atoms with Crippen LogP contribution in [-0.2, 0) is 4.79 Å². The molecule has 0 heterocycles. The predicted octanol–water partition coefficient (Wildman–Crippen LogP) is 3.14. The number of nitrogens with zero attached hydrogens (tertiary/aromatic N) is 1. The molecule has 4 nitrogen and oxygen atoms in total. The van der Waals surface area contributed by atoms with Crippen molar-refractivity contribution in [1.82, 2.24) is 4.90 Å². The number of carbonyl (C=O) groups is 2. The van der Waals surface area contributed by atoms with Gasteiger partial charge in [-0.25, -0.2) is 4.79 Å². The first-order chi connectivity index (χ1) is 9.32. The first-order valence-corrected chi connectivity index (χ1v) is 7.44. The monoisotopic (exact) mass is 339 g/mol. The first-order valence-electron chi connectivity index (χ1n) is 6.65. The smallest absolute Gasteiger partial charge is 0.326 e. The van der Waals surface area contributed by atoms with E-state index in [1.165, 1.54) is 4.90 Å². The normalized spacial score (nSPS) is 15.8. The Balaban J connectivity index is 2.37. The lowest BCUT2D eigenvalue weighted by Gasteiger charge is -2.27. The number of carboxylic acids is 1. The summed E-state index contributed by atoms with van der Waals surface area (Å²) in [7, 11) is 0. The Labute approximate surface area is 126 Å². The molecule has 2 rings (SSSR count). The second-order valence-electron chi connectivity index (χ2n) is 5.37. The molecule has 0 bridgehead atoms. The molecule has 1 saturated carbocycles. The zero-order chi connectivity index (χ0) is 15.0. The van der Waals surface area contributed by atoms with Gasteiger partial charge in [0.25, 0.3) is 5.91 Å². The van der Waals surface area contributed by atoms with E-state index in [0.29, 0.717) is 5.56 Å². The molecule has 1 aliphatic rings. The van der Waals surface area contributed by atoms with Gasteiger partial charge in [-0.2, -0.15) is 0 Å². The molecule has 108 valence electrons. The van der Waals surface area contributed by atoms with Gasteiger partial charge in [-0.05, 0) is 56.9 Å². The average Bonchev–Trinajstić information content (AvgIpc) is 3.18. The van der Waals surface area contributed by atoms with Crippen molar-refractivity contribution >= 4 is 27.8 Å². The Bertz CT molecular complexity index is 566. The van der Waals surface area contributed by atoms with Gasteiger partial charge < -0.3 is 10.0 Å². The van der Waals surface area contributed by atoms with Gasteiger partial charge in [0, 0.05) is 16.1 Å². The van der Waals surface area contributed by atoms with Gasteiger partial charge in [0.2, 0.25) is 0 Å². The third-order valence-corrected chi connectivity index (χ3v) is 4.54. The van der Waals surface area contributed by atoms with E-state index in [1.54, 1.807) is 6.92 Å². The molecule has 1 aliphatic carbocycles. The van der Waals surface area contributed by atoms with Crippen LogP contribution in [0.2, 0.25) is 0 Å². The summed E-state index contributed by atoms with van der Waals surface area (Å²) < 4.78 is 0.954. The van der Waals surface area contributed by atoms with Gasteiger partial charge in [0.1, 0.15) is 6.04 Å². The van der Waals surface area contributed by atoms with Crippen molar-refractivity contribution in [2.45, 2.75) is 45.7 Å². The third-order valence-electron chi connectivity index (χ3n) is 3.69. The van der Waals surface area contributed by atoms with Gasteiger partial charge in [0.15, 0.2) is 0 Å². The molecule has 5 heteroatoms. The molecule has 1 N–H and O–H groups in total. The Hall–Kier alpha value is -1.36. The molecular weight excluding hydrogens is 322 g/mol. The lowest BCUT2D eigenvalue weighted by atomic mass is 10.0. The molecule has 0 radical (unpaired) electrons. The number of carbonyl (C=O) groups excluding carboxylic acids is 1. The highest BCUT2D eigenvalue weighted by Gasteiger charge is 2.39. The summed E-state index contributed by atoms with van der Waals surface area (Å²) in [4.78, 5) is 25.4. The summed E-state index contributed by atoms with van der Waals surface area (Å²) in [6.07, 6.45) is 1.77. The molecule has 1 atom stereocenters. The summed E-state index contributed by atoms with van der Waals surface area (Å²) in [6.45, 7) is 5.36. The van der Waals surface area contributed by atoms with Crippen molar-refractivity contribution in [2.24, 2.45) is 0 Å². The molecular formula is C15H18BrNO3. The third kappa shape index (κ3) is 2.87. The number of carboxylic acid groups (broad SMARTS) is 1. The lowest BCUT2D eigenvalue weighted by Crippen LogP contribution is -2.45. The number of hydrogen-bond acceptors (Lipinski definition) is 2. The Morgan fingerprint density at radius 2 is 1.90 bits per heavy atom. The van der Waals surface area contributed by atoms with Crippen LogP contribution in [0.25, 0.3) is 0 Å². The number of hydrogen-bond donors (Lipinski definition) is 1. The number of amides is 1. The largest absolute Gasteiger partial charge is 0.480 e. The number of rotatable bonds is 4. The zero-order valence-electron chi connectivity index (χ0n) is 11.8. The van der Waals surface area contributed by atoms with E-state index < -0.39 is 12.0 Å². The fraction of sp³-hybridized carbons (Fsp3) is 0.467. The summed E-state index contributed by atoms with van der Waals surface area (Å²) in [6, 6.07) is 3.00. The van der Waals surface area contributed by atoms with Crippen molar-refractivity contribution in [1.29, 1.82) is 0 Å². The van der Waals surface area contributed by atoms with Crippen molar-refractivity contribution < 1.29 is 14.7 Å². The van der Waals surface area contributed by atoms with E-state index in [2.05, 4.69) is 15.9 Å². The maximum atomic E-state index is 12.7. The van der Waals surface area contributed by atoms with Gasteiger partial charge >= 0.3 is 5.97 Å². The predicted molar refractivity (Wildman–Crippen MR) is 79.9 cm³/mol. The molecule has 1 fully saturated rings. The maximum absolute atomic E-state index is 12.7. The van der Waals surface area contributed by atoms with E-state index in [0.717, 1.165) is 28.4 Å². The molecule has 0 aromatic heterocycles. The fourth-order valence-corrected chi connectivity index (χ4v) is 2.74. The van der Waals surface area contributed by atoms with Crippen molar-refractivity contribution in [2.75, 3.05) is 0 Å². The first kappa shape index (κ1) is 15.0. The van der Waals surface area contributed by atoms with E-state index in [4.69, 9.17) is 0 Å². The lowest BCUT2D eigenvalue weighted by molar-refractivity contribution is -0.141. The molecule has 1 aromatic carbocycles.